The molecule has 5 nitrogen and oxygen atoms in total. The summed E-state index contributed by atoms with van der Waals surface area (Å²) in [6, 6.07) is 11.9. The molecular weight excluding hydrogens is 284 g/mol. The third-order valence-electron chi connectivity index (χ3n) is 3.37. The lowest BCUT2D eigenvalue weighted by Gasteiger charge is -2.22. The van der Waals surface area contributed by atoms with Gasteiger partial charge in [-0.3, -0.25) is 0 Å². The summed E-state index contributed by atoms with van der Waals surface area (Å²) < 4.78 is 16.1. The number of hydrogen-bond donors (Lipinski definition) is 2. The van der Waals surface area contributed by atoms with Gasteiger partial charge in [-0.1, -0.05) is 18.2 Å². The summed E-state index contributed by atoms with van der Waals surface area (Å²) >= 11 is 0. The predicted molar refractivity (Wildman–Crippen MR) is 82.7 cm³/mol. The number of phenolic OH excluding ortho intramolecular Hbond substituents is 1. The summed E-state index contributed by atoms with van der Waals surface area (Å²) in [5, 5.41) is 20.0. The van der Waals surface area contributed by atoms with E-state index in [2.05, 4.69) is 0 Å². The zero-order chi connectivity index (χ0) is 16.1. The normalized spacial score (nSPS) is 13.3. The van der Waals surface area contributed by atoms with E-state index in [-0.39, 0.29) is 5.75 Å². The van der Waals surface area contributed by atoms with E-state index in [9.17, 15) is 10.2 Å². The summed E-state index contributed by atoms with van der Waals surface area (Å²) in [4.78, 5) is 0. The standard InChI is InChI=1S/C17H20O5/c1-11(22-15-7-5-4-6-14(15)20-2)17(19)12-8-9-13(18)16(10-12)21-3/h4-11,17-19H,1-3H3. The van der Waals surface area contributed by atoms with Crippen molar-refractivity contribution in [2.24, 2.45) is 0 Å². The molecule has 2 aromatic rings. The lowest BCUT2D eigenvalue weighted by molar-refractivity contribution is 0.0450. The fourth-order valence-corrected chi connectivity index (χ4v) is 2.13. The van der Waals surface area contributed by atoms with E-state index >= 15 is 0 Å². The fraction of sp³-hybridized carbons (Fsp3) is 0.294. The maximum atomic E-state index is 10.4. The van der Waals surface area contributed by atoms with Gasteiger partial charge in [0.15, 0.2) is 23.0 Å². The van der Waals surface area contributed by atoms with Crippen molar-refractivity contribution in [3.8, 4) is 23.0 Å². The van der Waals surface area contributed by atoms with Gasteiger partial charge >= 0.3 is 0 Å². The molecule has 0 heterocycles. The molecule has 2 aromatic carbocycles. The van der Waals surface area contributed by atoms with Crippen molar-refractivity contribution in [2.75, 3.05) is 14.2 Å². The molecule has 0 bridgehead atoms. The summed E-state index contributed by atoms with van der Waals surface area (Å²) in [6.45, 7) is 1.76. The average Bonchev–Trinajstić information content (AvgIpc) is 2.55. The van der Waals surface area contributed by atoms with Crippen LogP contribution >= 0.6 is 0 Å². The molecule has 2 unspecified atom stereocenters. The highest BCUT2D eigenvalue weighted by atomic mass is 16.5. The van der Waals surface area contributed by atoms with Crippen molar-refractivity contribution in [1.29, 1.82) is 0 Å². The maximum absolute atomic E-state index is 10.4. The van der Waals surface area contributed by atoms with Crippen LogP contribution in [0.1, 0.15) is 18.6 Å². The van der Waals surface area contributed by atoms with Crippen LogP contribution in [0.2, 0.25) is 0 Å². The van der Waals surface area contributed by atoms with Crippen molar-refractivity contribution in [3.05, 3.63) is 48.0 Å². The molecule has 2 rings (SSSR count). The Bertz CT molecular complexity index is 626. The number of aliphatic hydroxyl groups excluding tert-OH is 1. The van der Waals surface area contributed by atoms with Gasteiger partial charge in [-0.15, -0.1) is 0 Å². The monoisotopic (exact) mass is 304 g/mol. The van der Waals surface area contributed by atoms with Gasteiger partial charge in [-0.25, -0.2) is 0 Å². The van der Waals surface area contributed by atoms with Crippen molar-refractivity contribution in [1.82, 2.24) is 0 Å². The largest absolute Gasteiger partial charge is 0.504 e. The topological polar surface area (TPSA) is 68.2 Å². The van der Waals surface area contributed by atoms with Crippen LogP contribution in [0.5, 0.6) is 23.0 Å². The number of hydrogen-bond acceptors (Lipinski definition) is 5. The number of aliphatic hydroxyl groups is 1. The van der Waals surface area contributed by atoms with Crippen LogP contribution in [-0.2, 0) is 0 Å². The quantitative estimate of drug-likeness (QED) is 0.859. The zero-order valence-corrected chi connectivity index (χ0v) is 12.8. The molecule has 0 aliphatic carbocycles. The Morgan fingerprint density at radius 2 is 1.55 bits per heavy atom. The van der Waals surface area contributed by atoms with E-state index in [1.165, 1.54) is 13.2 Å². The highest BCUT2D eigenvalue weighted by Crippen LogP contribution is 2.33. The van der Waals surface area contributed by atoms with E-state index in [1.54, 1.807) is 38.3 Å². The first-order valence-corrected chi connectivity index (χ1v) is 6.91. The third-order valence-corrected chi connectivity index (χ3v) is 3.37. The molecule has 5 heteroatoms. The van der Waals surface area contributed by atoms with E-state index in [0.29, 0.717) is 22.8 Å². The SMILES string of the molecule is COc1cc(C(O)C(C)Oc2ccccc2OC)ccc1O. The smallest absolute Gasteiger partial charge is 0.161 e. The molecule has 0 amide bonds. The number of methoxy groups -OCH3 is 2. The number of aromatic hydroxyl groups is 1. The molecule has 0 fully saturated rings. The van der Waals surface area contributed by atoms with Crippen LogP contribution in [0.3, 0.4) is 0 Å². The molecule has 2 N–H and O–H groups in total. The first-order valence-electron chi connectivity index (χ1n) is 6.91. The Morgan fingerprint density at radius 3 is 2.18 bits per heavy atom. The molecule has 22 heavy (non-hydrogen) atoms. The van der Waals surface area contributed by atoms with E-state index < -0.39 is 12.2 Å². The second-order valence-electron chi connectivity index (χ2n) is 4.85. The van der Waals surface area contributed by atoms with Gasteiger partial charge in [0.05, 0.1) is 14.2 Å². The molecule has 0 radical (unpaired) electrons. The second kappa shape index (κ2) is 7.04. The molecule has 2 atom stereocenters. The molecule has 0 saturated carbocycles. The highest BCUT2D eigenvalue weighted by molar-refractivity contribution is 5.43. The predicted octanol–water partition coefficient (Wildman–Crippen LogP) is 2.91. The van der Waals surface area contributed by atoms with Gasteiger partial charge in [0.2, 0.25) is 0 Å². The van der Waals surface area contributed by atoms with Gasteiger partial charge in [0.1, 0.15) is 12.2 Å². The number of para-hydroxylation sites is 2. The highest BCUT2D eigenvalue weighted by Gasteiger charge is 2.20. The van der Waals surface area contributed by atoms with E-state index in [1.807, 2.05) is 12.1 Å². The Balaban J connectivity index is 2.16. The molecule has 0 aliphatic heterocycles. The summed E-state index contributed by atoms with van der Waals surface area (Å²) in [7, 11) is 3.02. The van der Waals surface area contributed by atoms with Crippen LogP contribution in [-0.4, -0.2) is 30.5 Å². The number of benzene rings is 2. The second-order valence-corrected chi connectivity index (χ2v) is 4.85. The first kappa shape index (κ1) is 16.0. The zero-order valence-electron chi connectivity index (χ0n) is 12.8. The average molecular weight is 304 g/mol. The van der Waals surface area contributed by atoms with Crippen LogP contribution in [0.25, 0.3) is 0 Å². The fourth-order valence-electron chi connectivity index (χ4n) is 2.13. The Kier molecular flexibility index (Phi) is 5.12. The summed E-state index contributed by atoms with van der Waals surface area (Å²) in [5.41, 5.74) is 0.594. The third kappa shape index (κ3) is 3.43. The number of phenols is 1. The van der Waals surface area contributed by atoms with Gasteiger partial charge in [-0.2, -0.15) is 0 Å². The van der Waals surface area contributed by atoms with Crippen molar-refractivity contribution < 1.29 is 24.4 Å². The molecule has 0 aromatic heterocycles. The lowest BCUT2D eigenvalue weighted by Crippen LogP contribution is -2.22. The Labute approximate surface area is 129 Å². The minimum absolute atomic E-state index is 0.0248. The van der Waals surface area contributed by atoms with E-state index in [0.717, 1.165) is 0 Å². The lowest BCUT2D eigenvalue weighted by atomic mass is 10.0. The first-order chi connectivity index (χ1) is 10.6. The molecule has 0 aliphatic rings. The maximum Gasteiger partial charge on any atom is 0.161 e. The van der Waals surface area contributed by atoms with Crippen LogP contribution < -0.4 is 14.2 Å². The van der Waals surface area contributed by atoms with Crippen LogP contribution in [0.4, 0.5) is 0 Å². The van der Waals surface area contributed by atoms with Crippen LogP contribution in [0.15, 0.2) is 42.5 Å². The number of ether oxygens (including phenoxy) is 3. The van der Waals surface area contributed by atoms with Gasteiger partial charge in [-0.05, 0) is 36.8 Å². The minimum atomic E-state index is -0.876. The minimum Gasteiger partial charge on any atom is -0.504 e. The van der Waals surface area contributed by atoms with Gasteiger partial charge < -0.3 is 24.4 Å². The number of rotatable bonds is 6. The molecule has 0 saturated heterocycles. The molecular formula is C17H20O5. The van der Waals surface area contributed by atoms with Crippen molar-refractivity contribution in [3.63, 3.8) is 0 Å². The van der Waals surface area contributed by atoms with Gasteiger partial charge in [0.25, 0.3) is 0 Å². The van der Waals surface area contributed by atoms with Crippen molar-refractivity contribution in [2.45, 2.75) is 19.1 Å². The summed E-state index contributed by atoms with van der Waals surface area (Å²) in [6.07, 6.45) is -1.38. The summed E-state index contributed by atoms with van der Waals surface area (Å²) in [5.74, 6) is 1.49. The Morgan fingerprint density at radius 1 is 0.909 bits per heavy atom. The van der Waals surface area contributed by atoms with Gasteiger partial charge in [0, 0.05) is 0 Å². The Hall–Kier alpha value is -2.40. The van der Waals surface area contributed by atoms with Crippen molar-refractivity contribution >= 4 is 0 Å². The molecule has 0 spiro atoms. The molecule has 118 valence electrons. The van der Waals surface area contributed by atoms with E-state index in [4.69, 9.17) is 14.2 Å². The van der Waals surface area contributed by atoms with Crippen LogP contribution in [0, 0.1) is 0 Å².